The second-order valence-corrected chi connectivity index (χ2v) is 6.61. The maximum atomic E-state index is 11.7. The van der Waals surface area contributed by atoms with Crippen molar-refractivity contribution in [2.45, 2.75) is 46.2 Å². The van der Waals surface area contributed by atoms with Crippen molar-refractivity contribution in [2.24, 2.45) is 4.99 Å². The average Bonchev–Trinajstić information content (AvgIpc) is 2.85. The second kappa shape index (κ2) is 7.97. The number of aromatic nitrogens is 1. The van der Waals surface area contributed by atoms with Crippen LogP contribution in [0.25, 0.3) is 0 Å². The number of nitrogens with one attached hydrogen (secondary N) is 3. The molecule has 118 valence electrons. The van der Waals surface area contributed by atoms with Crippen molar-refractivity contribution in [3.63, 3.8) is 0 Å². The average molecular weight is 311 g/mol. The molecule has 0 radical (unpaired) electrons. The number of thiazole rings is 1. The Morgan fingerprint density at radius 1 is 1.38 bits per heavy atom. The maximum absolute atomic E-state index is 11.7. The molecule has 0 bridgehead atoms. The summed E-state index contributed by atoms with van der Waals surface area (Å²) in [5.41, 5.74) is 0.756. The van der Waals surface area contributed by atoms with Crippen LogP contribution in [0.4, 0.5) is 0 Å². The number of guanidine groups is 1. The fraction of sp³-hybridized carbons (Fsp3) is 0.643. The van der Waals surface area contributed by atoms with Gasteiger partial charge in [-0.25, -0.2) is 4.98 Å². The highest BCUT2D eigenvalue weighted by Crippen LogP contribution is 2.09. The minimum Gasteiger partial charge on any atom is -0.351 e. The summed E-state index contributed by atoms with van der Waals surface area (Å²) in [5.74, 6) is 0.525. The zero-order chi connectivity index (χ0) is 15.9. The van der Waals surface area contributed by atoms with Gasteiger partial charge in [0.05, 0.1) is 23.8 Å². The molecule has 1 aromatic rings. The maximum Gasteiger partial charge on any atom is 0.239 e. The highest BCUT2D eigenvalue weighted by Gasteiger charge is 2.13. The SMILES string of the molecule is CCc1nc(CNC(=NC)NCC(=O)NC(C)(C)C)cs1. The zero-order valence-electron chi connectivity index (χ0n) is 13.4. The van der Waals surface area contributed by atoms with Gasteiger partial charge in [-0.2, -0.15) is 0 Å². The molecule has 0 aliphatic rings. The monoisotopic (exact) mass is 311 g/mol. The lowest BCUT2D eigenvalue weighted by molar-refractivity contribution is -0.121. The summed E-state index contributed by atoms with van der Waals surface area (Å²) >= 11 is 1.66. The van der Waals surface area contributed by atoms with E-state index in [0.29, 0.717) is 12.5 Å². The van der Waals surface area contributed by atoms with Gasteiger partial charge >= 0.3 is 0 Å². The van der Waals surface area contributed by atoms with Gasteiger partial charge in [0.1, 0.15) is 0 Å². The van der Waals surface area contributed by atoms with Crippen LogP contribution >= 0.6 is 11.3 Å². The molecule has 21 heavy (non-hydrogen) atoms. The lowest BCUT2D eigenvalue weighted by Crippen LogP contribution is -2.48. The number of hydrogen-bond donors (Lipinski definition) is 3. The van der Waals surface area contributed by atoms with Crippen molar-refractivity contribution in [1.29, 1.82) is 0 Å². The molecule has 1 heterocycles. The van der Waals surface area contributed by atoms with Gasteiger partial charge in [-0.15, -0.1) is 11.3 Å². The first-order valence-corrected chi connectivity index (χ1v) is 7.91. The molecule has 0 atom stereocenters. The first kappa shape index (κ1) is 17.4. The molecule has 7 heteroatoms. The summed E-state index contributed by atoms with van der Waals surface area (Å²) in [5, 5.41) is 12.2. The Labute approximate surface area is 130 Å². The third kappa shape index (κ3) is 7.08. The minimum atomic E-state index is -0.229. The van der Waals surface area contributed by atoms with Crippen LogP contribution in [0.3, 0.4) is 0 Å². The number of nitrogens with zero attached hydrogens (tertiary/aromatic N) is 2. The van der Waals surface area contributed by atoms with E-state index < -0.39 is 0 Å². The summed E-state index contributed by atoms with van der Waals surface area (Å²) in [6.45, 7) is 8.72. The van der Waals surface area contributed by atoms with Gasteiger partial charge in [0.2, 0.25) is 5.91 Å². The van der Waals surface area contributed by atoms with Crippen LogP contribution in [0.5, 0.6) is 0 Å². The second-order valence-electron chi connectivity index (χ2n) is 5.66. The molecule has 1 amide bonds. The smallest absolute Gasteiger partial charge is 0.239 e. The topological polar surface area (TPSA) is 78.4 Å². The number of aliphatic imine (C=N–C) groups is 1. The van der Waals surface area contributed by atoms with Crippen LogP contribution in [0.2, 0.25) is 0 Å². The van der Waals surface area contributed by atoms with Crippen LogP contribution in [-0.4, -0.2) is 36.0 Å². The van der Waals surface area contributed by atoms with Crippen molar-refractivity contribution in [3.8, 4) is 0 Å². The lowest BCUT2D eigenvalue weighted by atomic mass is 10.1. The van der Waals surface area contributed by atoms with Gasteiger partial charge in [-0.05, 0) is 27.2 Å². The van der Waals surface area contributed by atoms with E-state index in [1.807, 2.05) is 26.2 Å². The van der Waals surface area contributed by atoms with E-state index in [1.165, 1.54) is 0 Å². The third-order valence-corrected chi connectivity index (χ3v) is 3.54. The number of aryl methyl sites for hydroxylation is 1. The third-order valence-electron chi connectivity index (χ3n) is 2.49. The first-order chi connectivity index (χ1) is 9.84. The molecule has 1 rings (SSSR count). The highest BCUT2D eigenvalue weighted by molar-refractivity contribution is 7.09. The van der Waals surface area contributed by atoms with Gasteiger partial charge in [0, 0.05) is 18.0 Å². The van der Waals surface area contributed by atoms with E-state index in [0.717, 1.165) is 17.1 Å². The van der Waals surface area contributed by atoms with Gasteiger partial charge in [-0.3, -0.25) is 9.79 Å². The Kier molecular flexibility index (Phi) is 6.61. The van der Waals surface area contributed by atoms with Gasteiger partial charge in [-0.1, -0.05) is 6.92 Å². The fourth-order valence-electron chi connectivity index (χ4n) is 1.61. The number of carbonyl (C=O) groups is 1. The molecule has 0 fully saturated rings. The van der Waals surface area contributed by atoms with E-state index in [2.05, 4.69) is 32.9 Å². The molecule has 3 N–H and O–H groups in total. The van der Waals surface area contributed by atoms with Crippen molar-refractivity contribution < 1.29 is 4.79 Å². The normalized spacial score (nSPS) is 12.1. The summed E-state index contributed by atoms with van der Waals surface area (Å²) in [6.07, 6.45) is 0.949. The van der Waals surface area contributed by atoms with Crippen molar-refractivity contribution in [2.75, 3.05) is 13.6 Å². The first-order valence-electron chi connectivity index (χ1n) is 7.03. The van der Waals surface area contributed by atoms with Crippen LogP contribution in [0.1, 0.15) is 38.4 Å². The molecule has 6 nitrogen and oxygen atoms in total. The molecule has 0 aliphatic carbocycles. The molecule has 0 unspecified atom stereocenters. The Hall–Kier alpha value is -1.63. The van der Waals surface area contributed by atoms with Gasteiger partial charge in [0.15, 0.2) is 5.96 Å². The highest BCUT2D eigenvalue weighted by atomic mass is 32.1. The molecule has 1 aromatic heterocycles. The summed E-state index contributed by atoms with van der Waals surface area (Å²) < 4.78 is 0. The van der Waals surface area contributed by atoms with Crippen molar-refractivity contribution in [3.05, 3.63) is 16.1 Å². The molecular formula is C14H25N5OS. The predicted octanol–water partition coefficient (Wildman–Crippen LogP) is 1.29. The Balaban J connectivity index is 2.37. The Bertz CT molecular complexity index is 490. The summed E-state index contributed by atoms with van der Waals surface area (Å²) in [6, 6.07) is 0. The standard InChI is InChI=1S/C14H25N5OS/c1-6-12-18-10(9-21-12)7-16-13(15-5)17-8-11(20)19-14(2,3)4/h9H,6-8H2,1-5H3,(H,19,20)(H2,15,16,17). The predicted molar refractivity (Wildman–Crippen MR) is 87.6 cm³/mol. The van der Waals surface area contributed by atoms with Gasteiger partial charge in [0.25, 0.3) is 0 Å². The summed E-state index contributed by atoms with van der Waals surface area (Å²) in [7, 11) is 1.68. The zero-order valence-corrected chi connectivity index (χ0v) is 14.2. The van der Waals surface area contributed by atoms with E-state index in [1.54, 1.807) is 18.4 Å². The summed E-state index contributed by atoms with van der Waals surface area (Å²) in [4.78, 5) is 20.3. The Morgan fingerprint density at radius 2 is 2.10 bits per heavy atom. The minimum absolute atomic E-state index is 0.0626. The van der Waals surface area contributed by atoms with Gasteiger partial charge < -0.3 is 16.0 Å². The number of rotatable bonds is 5. The lowest BCUT2D eigenvalue weighted by Gasteiger charge is -2.21. The largest absolute Gasteiger partial charge is 0.351 e. The van der Waals surface area contributed by atoms with Crippen molar-refractivity contribution >= 4 is 23.2 Å². The quantitative estimate of drug-likeness (QED) is 0.565. The van der Waals surface area contributed by atoms with Crippen molar-refractivity contribution in [1.82, 2.24) is 20.9 Å². The molecule has 0 aliphatic heterocycles. The van der Waals surface area contributed by atoms with E-state index in [9.17, 15) is 4.79 Å². The molecule has 0 spiro atoms. The fourth-order valence-corrected chi connectivity index (χ4v) is 2.36. The van der Waals surface area contributed by atoms with Crippen LogP contribution in [-0.2, 0) is 17.8 Å². The molecular weight excluding hydrogens is 286 g/mol. The molecule has 0 aromatic carbocycles. The van der Waals surface area contributed by atoms with Crippen LogP contribution in [0, 0.1) is 0 Å². The van der Waals surface area contributed by atoms with E-state index >= 15 is 0 Å². The van der Waals surface area contributed by atoms with E-state index in [4.69, 9.17) is 0 Å². The van der Waals surface area contributed by atoms with E-state index in [-0.39, 0.29) is 18.0 Å². The van der Waals surface area contributed by atoms with Crippen LogP contribution in [0.15, 0.2) is 10.4 Å². The Morgan fingerprint density at radius 3 is 2.62 bits per heavy atom. The molecule has 0 saturated carbocycles. The molecule has 0 saturated heterocycles. The van der Waals surface area contributed by atoms with Crippen LogP contribution < -0.4 is 16.0 Å². The number of carbonyl (C=O) groups excluding carboxylic acids is 1. The number of amides is 1. The number of hydrogen-bond acceptors (Lipinski definition) is 4.